The third-order valence-electron chi connectivity index (χ3n) is 2.68. The zero-order chi connectivity index (χ0) is 13.8. The lowest BCUT2D eigenvalue weighted by atomic mass is 10.1. The molecule has 1 aromatic carbocycles. The lowest BCUT2D eigenvalue weighted by Crippen LogP contribution is -2.13. The quantitative estimate of drug-likeness (QED) is 0.884. The Morgan fingerprint density at radius 3 is 2.68 bits per heavy atom. The third-order valence-corrected chi connectivity index (χ3v) is 2.68. The molecule has 0 spiro atoms. The summed E-state index contributed by atoms with van der Waals surface area (Å²) in [5.74, 6) is 0.998. The molecule has 0 aliphatic heterocycles. The van der Waals surface area contributed by atoms with Crippen LogP contribution in [0, 0.1) is 6.92 Å². The van der Waals surface area contributed by atoms with Gasteiger partial charge < -0.3 is 15.8 Å². The van der Waals surface area contributed by atoms with Crippen LogP contribution in [0.4, 0.5) is 11.5 Å². The third kappa shape index (κ3) is 3.01. The van der Waals surface area contributed by atoms with Crippen molar-refractivity contribution in [1.82, 2.24) is 4.98 Å². The Labute approximate surface area is 111 Å². The van der Waals surface area contributed by atoms with Crippen LogP contribution in [0.15, 0.2) is 36.5 Å². The number of methoxy groups -OCH3 is 1. The topological polar surface area (TPSA) is 77.2 Å². The van der Waals surface area contributed by atoms with Crippen LogP contribution in [0.3, 0.4) is 0 Å². The normalized spacial score (nSPS) is 10.0. The highest BCUT2D eigenvalue weighted by Crippen LogP contribution is 2.19. The molecule has 0 fully saturated rings. The zero-order valence-corrected chi connectivity index (χ0v) is 10.8. The number of nitrogens with two attached hydrogens (primary N) is 1. The molecule has 5 nitrogen and oxygen atoms in total. The first kappa shape index (κ1) is 12.9. The van der Waals surface area contributed by atoms with Gasteiger partial charge in [-0.25, -0.2) is 4.98 Å². The van der Waals surface area contributed by atoms with Crippen LogP contribution >= 0.6 is 0 Å². The van der Waals surface area contributed by atoms with Crippen molar-refractivity contribution in [2.45, 2.75) is 6.92 Å². The van der Waals surface area contributed by atoms with Crippen molar-refractivity contribution in [2.75, 3.05) is 18.2 Å². The lowest BCUT2D eigenvalue weighted by molar-refractivity contribution is 0.102. The number of amides is 1. The number of nitrogens with zero attached hydrogens (tertiary/aromatic N) is 1. The van der Waals surface area contributed by atoms with E-state index in [-0.39, 0.29) is 5.91 Å². The van der Waals surface area contributed by atoms with Crippen molar-refractivity contribution >= 4 is 17.4 Å². The predicted molar refractivity (Wildman–Crippen MR) is 74.3 cm³/mol. The first-order valence-corrected chi connectivity index (χ1v) is 5.77. The van der Waals surface area contributed by atoms with Gasteiger partial charge in [0.2, 0.25) is 0 Å². The molecule has 1 heterocycles. The molecule has 19 heavy (non-hydrogen) atoms. The fourth-order valence-corrected chi connectivity index (χ4v) is 1.69. The number of carbonyl (C=O) groups is 1. The average molecular weight is 257 g/mol. The number of rotatable bonds is 3. The summed E-state index contributed by atoms with van der Waals surface area (Å²) >= 11 is 0. The molecule has 0 saturated carbocycles. The maximum atomic E-state index is 12.0. The average Bonchev–Trinajstić information content (AvgIpc) is 2.41. The van der Waals surface area contributed by atoms with Gasteiger partial charge in [-0.3, -0.25) is 4.79 Å². The number of hydrogen-bond acceptors (Lipinski definition) is 4. The molecule has 0 radical (unpaired) electrons. The summed E-state index contributed by atoms with van der Waals surface area (Å²) in [4.78, 5) is 16.0. The van der Waals surface area contributed by atoms with Crippen LogP contribution in [-0.2, 0) is 0 Å². The van der Waals surface area contributed by atoms with Crippen LogP contribution in [0.2, 0.25) is 0 Å². The number of nitrogen functional groups attached to an aromatic ring is 1. The van der Waals surface area contributed by atoms with Gasteiger partial charge in [-0.15, -0.1) is 0 Å². The van der Waals surface area contributed by atoms with Crippen molar-refractivity contribution < 1.29 is 9.53 Å². The van der Waals surface area contributed by atoms with E-state index in [4.69, 9.17) is 10.5 Å². The number of pyridine rings is 1. The van der Waals surface area contributed by atoms with E-state index < -0.39 is 0 Å². The Morgan fingerprint density at radius 2 is 2.11 bits per heavy atom. The van der Waals surface area contributed by atoms with Crippen LogP contribution in [0.25, 0.3) is 0 Å². The van der Waals surface area contributed by atoms with Crippen LogP contribution < -0.4 is 15.8 Å². The fourth-order valence-electron chi connectivity index (χ4n) is 1.69. The minimum atomic E-state index is -0.219. The monoisotopic (exact) mass is 257 g/mol. The highest BCUT2D eigenvalue weighted by molar-refractivity contribution is 6.04. The molecule has 0 saturated heterocycles. The van der Waals surface area contributed by atoms with E-state index in [0.717, 1.165) is 11.3 Å². The van der Waals surface area contributed by atoms with Gasteiger partial charge in [0, 0.05) is 5.56 Å². The Kier molecular flexibility index (Phi) is 3.66. The van der Waals surface area contributed by atoms with Crippen LogP contribution in [0.5, 0.6) is 5.75 Å². The van der Waals surface area contributed by atoms with Gasteiger partial charge in [0.1, 0.15) is 11.6 Å². The smallest absolute Gasteiger partial charge is 0.256 e. The van der Waals surface area contributed by atoms with Crippen molar-refractivity contribution in [3.8, 4) is 5.75 Å². The van der Waals surface area contributed by atoms with Gasteiger partial charge in [0.05, 0.1) is 19.0 Å². The van der Waals surface area contributed by atoms with Gasteiger partial charge >= 0.3 is 0 Å². The summed E-state index contributed by atoms with van der Waals surface area (Å²) in [7, 11) is 1.60. The van der Waals surface area contributed by atoms with Gasteiger partial charge in [-0.2, -0.15) is 0 Å². The SMILES string of the molecule is COc1ccc(C(=O)Nc2ccc(N)cn2)cc1C. The van der Waals surface area contributed by atoms with Gasteiger partial charge in [-0.1, -0.05) is 0 Å². The molecule has 3 N–H and O–H groups in total. The van der Waals surface area contributed by atoms with E-state index in [0.29, 0.717) is 17.1 Å². The summed E-state index contributed by atoms with van der Waals surface area (Å²) in [5.41, 5.74) is 7.54. The highest BCUT2D eigenvalue weighted by atomic mass is 16.5. The highest BCUT2D eigenvalue weighted by Gasteiger charge is 2.08. The molecule has 0 aliphatic carbocycles. The molecule has 5 heteroatoms. The number of benzene rings is 1. The largest absolute Gasteiger partial charge is 0.496 e. The number of carbonyl (C=O) groups excluding carboxylic acids is 1. The van der Waals surface area contributed by atoms with Crippen LogP contribution in [-0.4, -0.2) is 18.0 Å². The summed E-state index contributed by atoms with van der Waals surface area (Å²) in [6.45, 7) is 1.89. The number of hydrogen-bond donors (Lipinski definition) is 2. The maximum Gasteiger partial charge on any atom is 0.256 e. The van der Waals surface area contributed by atoms with Crippen molar-refractivity contribution in [2.24, 2.45) is 0 Å². The second-order valence-corrected chi connectivity index (χ2v) is 4.12. The van der Waals surface area contributed by atoms with Crippen LogP contribution in [0.1, 0.15) is 15.9 Å². The first-order valence-electron chi connectivity index (χ1n) is 5.77. The summed E-state index contributed by atoms with van der Waals surface area (Å²) in [5, 5.41) is 2.70. The van der Waals surface area contributed by atoms with Crippen molar-refractivity contribution in [3.05, 3.63) is 47.7 Å². The van der Waals surface area contributed by atoms with E-state index >= 15 is 0 Å². The summed E-state index contributed by atoms with van der Waals surface area (Å²) in [6.07, 6.45) is 1.49. The molecule has 1 aromatic heterocycles. The second-order valence-electron chi connectivity index (χ2n) is 4.12. The Bertz CT molecular complexity index is 594. The molecule has 0 bridgehead atoms. The molecule has 0 aliphatic rings. The predicted octanol–water partition coefficient (Wildman–Crippen LogP) is 2.23. The minimum Gasteiger partial charge on any atom is -0.496 e. The zero-order valence-electron chi connectivity index (χ0n) is 10.8. The Balaban J connectivity index is 2.16. The molecule has 2 rings (SSSR count). The van der Waals surface area contributed by atoms with Gasteiger partial charge in [-0.05, 0) is 42.8 Å². The van der Waals surface area contributed by atoms with Gasteiger partial charge in [0.25, 0.3) is 5.91 Å². The van der Waals surface area contributed by atoms with Crippen molar-refractivity contribution in [3.63, 3.8) is 0 Å². The van der Waals surface area contributed by atoms with E-state index in [1.54, 1.807) is 37.4 Å². The lowest BCUT2D eigenvalue weighted by Gasteiger charge is -2.08. The Hall–Kier alpha value is -2.56. The molecule has 2 aromatic rings. The molecule has 1 amide bonds. The fraction of sp³-hybridized carbons (Fsp3) is 0.143. The minimum absolute atomic E-state index is 0.219. The standard InChI is InChI=1S/C14H15N3O2/c1-9-7-10(3-5-12(9)19-2)14(18)17-13-6-4-11(15)8-16-13/h3-8H,15H2,1-2H3,(H,16,17,18). The molecular weight excluding hydrogens is 242 g/mol. The number of anilines is 2. The second kappa shape index (κ2) is 5.39. The summed E-state index contributed by atoms with van der Waals surface area (Å²) < 4.78 is 5.15. The van der Waals surface area contributed by atoms with Crippen molar-refractivity contribution in [1.29, 1.82) is 0 Å². The molecule has 0 unspecified atom stereocenters. The van der Waals surface area contributed by atoms with E-state index in [1.165, 1.54) is 6.20 Å². The first-order chi connectivity index (χ1) is 9.10. The Morgan fingerprint density at radius 1 is 1.32 bits per heavy atom. The number of nitrogens with one attached hydrogen (secondary N) is 1. The van der Waals surface area contributed by atoms with E-state index in [9.17, 15) is 4.79 Å². The molecule has 98 valence electrons. The summed E-state index contributed by atoms with van der Waals surface area (Å²) in [6, 6.07) is 8.58. The number of aromatic nitrogens is 1. The van der Waals surface area contributed by atoms with Gasteiger partial charge in [0.15, 0.2) is 0 Å². The van der Waals surface area contributed by atoms with E-state index in [1.807, 2.05) is 6.92 Å². The molecular formula is C14H15N3O2. The number of ether oxygens (including phenoxy) is 1. The molecule has 0 atom stereocenters. The van der Waals surface area contributed by atoms with E-state index in [2.05, 4.69) is 10.3 Å². The maximum absolute atomic E-state index is 12.0. The number of aryl methyl sites for hydroxylation is 1.